The van der Waals surface area contributed by atoms with E-state index in [0.717, 1.165) is 18.9 Å². The van der Waals surface area contributed by atoms with Crippen LogP contribution in [0, 0.1) is 16.0 Å². The Morgan fingerprint density at radius 3 is 2.58 bits per heavy atom. The van der Waals surface area contributed by atoms with Gasteiger partial charge in [0.15, 0.2) is 0 Å². The van der Waals surface area contributed by atoms with Gasteiger partial charge >= 0.3 is 0 Å². The predicted molar refractivity (Wildman–Crippen MR) is 87.9 cm³/mol. The summed E-state index contributed by atoms with van der Waals surface area (Å²) in [7, 11) is -2.56. The second-order valence-electron chi connectivity index (χ2n) is 5.69. The molecular weight excluding hydrogens is 336 g/mol. The molecule has 1 aliphatic rings. The summed E-state index contributed by atoms with van der Waals surface area (Å²) < 4.78 is 25.7. The number of hydrogen-bond donors (Lipinski definition) is 3. The SMILES string of the molecule is CNS(=O)(=O)c1ccc(NC2CCCCC2C(N)=O)c([N+](=O)[O-])c1. The van der Waals surface area contributed by atoms with E-state index in [2.05, 4.69) is 10.0 Å². The van der Waals surface area contributed by atoms with Crippen molar-refractivity contribution in [1.82, 2.24) is 4.72 Å². The Labute approximate surface area is 139 Å². The van der Waals surface area contributed by atoms with Crippen molar-refractivity contribution >= 4 is 27.3 Å². The van der Waals surface area contributed by atoms with E-state index in [1.165, 1.54) is 19.2 Å². The van der Waals surface area contributed by atoms with Crippen molar-refractivity contribution < 1.29 is 18.1 Å². The lowest BCUT2D eigenvalue weighted by Gasteiger charge is -2.30. The summed E-state index contributed by atoms with van der Waals surface area (Å²) in [6.45, 7) is 0. The van der Waals surface area contributed by atoms with E-state index in [9.17, 15) is 23.3 Å². The number of nitrogens with zero attached hydrogens (tertiary/aromatic N) is 1. The number of anilines is 1. The van der Waals surface area contributed by atoms with E-state index in [1.807, 2.05) is 0 Å². The molecule has 0 aliphatic heterocycles. The molecular formula is C14H20N4O5S. The molecule has 0 saturated heterocycles. The number of sulfonamides is 1. The van der Waals surface area contributed by atoms with Crippen molar-refractivity contribution in [1.29, 1.82) is 0 Å². The summed E-state index contributed by atoms with van der Waals surface area (Å²) >= 11 is 0. The van der Waals surface area contributed by atoms with Crippen molar-refractivity contribution in [2.45, 2.75) is 36.6 Å². The molecule has 9 nitrogen and oxygen atoms in total. The van der Waals surface area contributed by atoms with E-state index >= 15 is 0 Å². The van der Waals surface area contributed by atoms with Crippen LogP contribution in [0.2, 0.25) is 0 Å². The number of carbonyl (C=O) groups excluding carboxylic acids is 1. The quantitative estimate of drug-likeness (QED) is 0.511. The van der Waals surface area contributed by atoms with Gasteiger partial charge in [-0.2, -0.15) is 0 Å². The highest BCUT2D eigenvalue weighted by atomic mass is 32.2. The van der Waals surface area contributed by atoms with Crippen LogP contribution < -0.4 is 15.8 Å². The van der Waals surface area contributed by atoms with Crippen molar-refractivity contribution in [3.63, 3.8) is 0 Å². The van der Waals surface area contributed by atoms with Gasteiger partial charge in [-0.05, 0) is 32.0 Å². The molecule has 132 valence electrons. The number of amides is 1. The number of hydrogen-bond acceptors (Lipinski definition) is 6. The van der Waals surface area contributed by atoms with Crippen molar-refractivity contribution in [2.24, 2.45) is 11.7 Å². The number of nitrogens with one attached hydrogen (secondary N) is 2. The van der Waals surface area contributed by atoms with Gasteiger partial charge in [0.2, 0.25) is 15.9 Å². The predicted octanol–water partition coefficient (Wildman–Crippen LogP) is 0.959. The Kier molecular flexibility index (Phi) is 5.40. The third-order valence-corrected chi connectivity index (χ3v) is 5.63. The highest BCUT2D eigenvalue weighted by molar-refractivity contribution is 7.89. The third-order valence-electron chi connectivity index (χ3n) is 4.22. The molecule has 2 rings (SSSR count). The standard InChI is InChI=1S/C14H20N4O5S/c1-16-24(22,23)9-6-7-12(13(8-9)18(20)21)17-11-5-3-2-4-10(11)14(15)19/h6-8,10-11,16-17H,2-5H2,1H3,(H2,15,19). The van der Waals surface area contributed by atoms with Gasteiger partial charge in [-0.3, -0.25) is 14.9 Å². The molecule has 2 atom stereocenters. The zero-order valence-corrected chi connectivity index (χ0v) is 14.0. The van der Waals surface area contributed by atoms with Gasteiger partial charge in [0.1, 0.15) is 5.69 Å². The molecule has 1 aromatic carbocycles. The zero-order chi connectivity index (χ0) is 17.9. The van der Waals surface area contributed by atoms with Gasteiger partial charge in [0.05, 0.1) is 15.7 Å². The van der Waals surface area contributed by atoms with Crippen LogP contribution in [0.1, 0.15) is 25.7 Å². The van der Waals surface area contributed by atoms with E-state index in [-0.39, 0.29) is 22.3 Å². The minimum absolute atomic E-state index is 0.174. The fourth-order valence-corrected chi connectivity index (χ4v) is 3.66. The minimum Gasteiger partial charge on any atom is -0.376 e. The molecule has 2 unspecified atom stereocenters. The highest BCUT2D eigenvalue weighted by Gasteiger charge is 2.31. The zero-order valence-electron chi connectivity index (χ0n) is 13.2. The summed E-state index contributed by atoms with van der Waals surface area (Å²) in [5, 5.41) is 14.3. The number of primary amides is 1. The van der Waals surface area contributed by atoms with Crippen LogP contribution in [0.3, 0.4) is 0 Å². The number of nitrogens with two attached hydrogens (primary N) is 1. The van der Waals surface area contributed by atoms with Gasteiger partial charge in [0.25, 0.3) is 5.69 Å². The fourth-order valence-electron chi connectivity index (χ4n) is 2.91. The number of benzene rings is 1. The first-order chi connectivity index (χ1) is 11.3. The minimum atomic E-state index is -3.78. The molecule has 0 radical (unpaired) electrons. The van der Waals surface area contributed by atoms with E-state index in [1.54, 1.807) is 0 Å². The number of nitro groups is 1. The summed E-state index contributed by atoms with van der Waals surface area (Å²) in [6, 6.07) is 3.32. The maximum absolute atomic E-state index is 11.8. The lowest BCUT2D eigenvalue weighted by atomic mass is 9.84. The Bertz CT molecular complexity index is 750. The Morgan fingerprint density at radius 2 is 2.00 bits per heavy atom. The maximum atomic E-state index is 11.8. The smallest absolute Gasteiger partial charge is 0.293 e. The van der Waals surface area contributed by atoms with Crippen LogP contribution in [-0.2, 0) is 14.8 Å². The molecule has 1 saturated carbocycles. The third kappa shape index (κ3) is 3.82. The Morgan fingerprint density at radius 1 is 1.33 bits per heavy atom. The summed E-state index contributed by atoms with van der Waals surface area (Å²) in [5.74, 6) is -0.844. The van der Waals surface area contributed by atoms with Gasteiger partial charge in [-0.25, -0.2) is 13.1 Å². The Balaban J connectivity index is 2.36. The largest absolute Gasteiger partial charge is 0.376 e. The van der Waals surface area contributed by atoms with Crippen molar-refractivity contribution in [3.8, 4) is 0 Å². The fraction of sp³-hybridized carbons (Fsp3) is 0.500. The summed E-state index contributed by atoms with van der Waals surface area (Å²) in [4.78, 5) is 22.0. The number of carbonyl (C=O) groups is 1. The van der Waals surface area contributed by atoms with Gasteiger partial charge in [0, 0.05) is 12.1 Å². The molecule has 1 amide bonds. The van der Waals surface area contributed by atoms with Gasteiger partial charge in [-0.15, -0.1) is 0 Å². The molecule has 1 aliphatic carbocycles. The van der Waals surface area contributed by atoms with Gasteiger partial charge in [-0.1, -0.05) is 12.8 Å². The van der Waals surface area contributed by atoms with Crippen LogP contribution in [0.4, 0.5) is 11.4 Å². The first-order valence-corrected chi connectivity index (χ1v) is 9.02. The highest BCUT2D eigenvalue weighted by Crippen LogP contribution is 2.32. The van der Waals surface area contributed by atoms with Gasteiger partial charge < -0.3 is 11.1 Å². The second kappa shape index (κ2) is 7.14. The number of rotatable bonds is 6. The van der Waals surface area contributed by atoms with Crippen LogP contribution >= 0.6 is 0 Å². The molecule has 0 heterocycles. The lowest BCUT2D eigenvalue weighted by Crippen LogP contribution is -2.40. The molecule has 0 bridgehead atoms. The number of nitro benzene ring substituents is 1. The maximum Gasteiger partial charge on any atom is 0.293 e. The van der Waals surface area contributed by atoms with Crippen molar-refractivity contribution in [3.05, 3.63) is 28.3 Å². The molecule has 10 heteroatoms. The average molecular weight is 356 g/mol. The first-order valence-electron chi connectivity index (χ1n) is 7.54. The summed E-state index contributed by atoms with van der Waals surface area (Å²) in [5.41, 5.74) is 5.22. The van der Waals surface area contributed by atoms with Crippen LogP contribution in [0.5, 0.6) is 0 Å². The van der Waals surface area contributed by atoms with Crippen LogP contribution in [-0.4, -0.2) is 32.3 Å². The first kappa shape index (κ1) is 18.1. The van der Waals surface area contributed by atoms with Crippen LogP contribution in [0.15, 0.2) is 23.1 Å². The van der Waals surface area contributed by atoms with E-state index in [0.29, 0.717) is 12.8 Å². The molecule has 0 spiro atoms. The Hall–Kier alpha value is -2.20. The molecule has 4 N–H and O–H groups in total. The second-order valence-corrected chi connectivity index (χ2v) is 7.57. The molecule has 24 heavy (non-hydrogen) atoms. The average Bonchev–Trinajstić information content (AvgIpc) is 2.55. The van der Waals surface area contributed by atoms with Crippen molar-refractivity contribution in [2.75, 3.05) is 12.4 Å². The van der Waals surface area contributed by atoms with E-state index in [4.69, 9.17) is 5.73 Å². The van der Waals surface area contributed by atoms with E-state index < -0.39 is 26.8 Å². The molecule has 0 aromatic heterocycles. The monoisotopic (exact) mass is 356 g/mol. The normalized spacial score (nSPS) is 21.2. The molecule has 1 fully saturated rings. The summed E-state index contributed by atoms with van der Waals surface area (Å²) in [6.07, 6.45) is 3.07. The topological polar surface area (TPSA) is 144 Å². The molecule has 1 aromatic rings. The lowest BCUT2D eigenvalue weighted by molar-refractivity contribution is -0.384. The van der Waals surface area contributed by atoms with Crippen LogP contribution in [0.25, 0.3) is 0 Å².